The Morgan fingerprint density at radius 2 is 1.80 bits per heavy atom. The van der Waals surface area contributed by atoms with Gasteiger partial charge in [-0.15, -0.1) is 0 Å². The van der Waals surface area contributed by atoms with Crippen LogP contribution in [0.1, 0.15) is 59.2 Å². The summed E-state index contributed by atoms with van der Waals surface area (Å²) in [7, 11) is 0. The van der Waals surface area contributed by atoms with Crippen LogP contribution in [0.4, 0.5) is 0 Å². The van der Waals surface area contributed by atoms with E-state index < -0.39 is 0 Å². The van der Waals surface area contributed by atoms with E-state index in [1.165, 1.54) is 42.5 Å². The molecule has 44 heavy (non-hydrogen) atoms. The number of hydrogen-bond donors (Lipinski definition) is 1. The summed E-state index contributed by atoms with van der Waals surface area (Å²) in [5.41, 5.74) is 6.69. The lowest BCUT2D eigenvalue weighted by Crippen LogP contribution is -2.67. The molecule has 2 saturated carbocycles. The van der Waals surface area contributed by atoms with Gasteiger partial charge in [-0.3, -0.25) is 9.69 Å². The van der Waals surface area contributed by atoms with Gasteiger partial charge in [0.1, 0.15) is 17.5 Å². The lowest BCUT2D eigenvalue weighted by atomic mass is 9.50. The molecule has 2 bridgehead atoms. The zero-order valence-electron chi connectivity index (χ0n) is 25.0. The number of carbonyl (C=O) groups excluding carboxylic acids is 1. The van der Waals surface area contributed by atoms with Crippen molar-refractivity contribution in [3.63, 3.8) is 0 Å². The summed E-state index contributed by atoms with van der Waals surface area (Å²) in [6, 6.07) is 19.4. The number of epoxide rings is 1. The van der Waals surface area contributed by atoms with Crippen molar-refractivity contribution in [3.05, 3.63) is 76.9 Å². The van der Waals surface area contributed by atoms with Gasteiger partial charge in [0.15, 0.2) is 11.5 Å². The van der Waals surface area contributed by atoms with Gasteiger partial charge in [0.25, 0.3) is 5.91 Å². The molecular weight excluding hydrogens is 552 g/mol. The number of nitrogens with one attached hydrogen (secondary N) is 1. The number of fused-ring (bicyclic) bond motifs is 2. The molecule has 7 aliphatic rings. The predicted octanol–water partition coefficient (Wildman–Crippen LogP) is 5.27. The quantitative estimate of drug-likeness (QED) is 0.378. The van der Waals surface area contributed by atoms with E-state index in [1.807, 2.05) is 18.2 Å². The second-order valence-corrected chi connectivity index (χ2v) is 14.2. The van der Waals surface area contributed by atoms with E-state index in [4.69, 9.17) is 18.9 Å². The third-order valence-electron chi connectivity index (χ3n) is 11.9. The fourth-order valence-electron chi connectivity index (χ4n) is 9.53. The van der Waals surface area contributed by atoms with Crippen LogP contribution in [-0.4, -0.2) is 61.6 Å². The average Bonchev–Trinajstić information content (AvgIpc) is 3.94. The molecule has 4 aliphatic heterocycles. The van der Waals surface area contributed by atoms with Gasteiger partial charge in [-0.1, -0.05) is 36.4 Å². The molecule has 5 atom stereocenters. The molecule has 2 spiro atoms. The van der Waals surface area contributed by atoms with Gasteiger partial charge < -0.3 is 24.3 Å². The zero-order chi connectivity index (χ0) is 29.0. The minimum atomic E-state index is -0.159. The number of likely N-dealkylation sites (tertiary alicyclic amines) is 1. The summed E-state index contributed by atoms with van der Waals surface area (Å²) in [4.78, 5) is 16.5. The van der Waals surface area contributed by atoms with Gasteiger partial charge in [0, 0.05) is 30.1 Å². The zero-order valence-corrected chi connectivity index (χ0v) is 25.0. The maximum absolute atomic E-state index is 13.7. The van der Waals surface area contributed by atoms with Crippen molar-refractivity contribution < 1.29 is 23.7 Å². The number of benzene rings is 3. The molecule has 0 radical (unpaired) electrons. The summed E-state index contributed by atoms with van der Waals surface area (Å²) in [5, 5.41) is 3.22. The van der Waals surface area contributed by atoms with E-state index in [-0.39, 0.29) is 29.8 Å². The summed E-state index contributed by atoms with van der Waals surface area (Å²) in [6.45, 7) is 4.03. The molecule has 1 amide bonds. The molecule has 4 heterocycles. The second kappa shape index (κ2) is 9.24. The first kappa shape index (κ1) is 25.7. The third kappa shape index (κ3) is 3.72. The number of rotatable bonds is 7. The highest BCUT2D eigenvalue weighted by Crippen LogP contribution is 2.67. The Kier molecular flexibility index (Phi) is 5.41. The van der Waals surface area contributed by atoms with Gasteiger partial charge >= 0.3 is 0 Å². The highest BCUT2D eigenvalue weighted by Gasteiger charge is 2.73. The molecule has 10 rings (SSSR count). The maximum atomic E-state index is 13.7. The van der Waals surface area contributed by atoms with Crippen LogP contribution in [0.15, 0.2) is 54.6 Å². The maximum Gasteiger partial charge on any atom is 0.255 e. The van der Waals surface area contributed by atoms with E-state index in [0.29, 0.717) is 24.1 Å². The van der Waals surface area contributed by atoms with Crippen molar-refractivity contribution in [3.8, 4) is 28.4 Å². The van der Waals surface area contributed by atoms with Crippen molar-refractivity contribution in [2.24, 2.45) is 11.8 Å². The van der Waals surface area contributed by atoms with Gasteiger partial charge in [-0.2, -0.15) is 0 Å². The molecule has 4 fully saturated rings. The van der Waals surface area contributed by atoms with E-state index >= 15 is 0 Å². The summed E-state index contributed by atoms with van der Waals surface area (Å²) in [6.07, 6.45) is 8.06. The Morgan fingerprint density at radius 3 is 2.64 bits per heavy atom. The standard InChI is InChI=1S/C37H38N2O5/c40-34(38-15-12-22-3-5-24(6-4-22)25-8-10-30-31(18-25)42-21-41-30)27-9-7-26-17-29-28-11-13-36(20-43-36)35-37(28,32(26)33(27)44-35)14-16-39(29)19-23-1-2-23/h3-10,18,23,28-29,35H,1-2,11-17,19-21H2,(H,38,40). The van der Waals surface area contributed by atoms with Crippen LogP contribution < -0.4 is 19.5 Å². The SMILES string of the molecule is O=C(NCCc1ccc(-c2ccc3c(c2)OCO3)cc1)c1ccc2c3c1OC1C4(CCC5C(C2)N(CC2CC2)CCC351)CO4. The largest absolute Gasteiger partial charge is 0.485 e. The van der Waals surface area contributed by atoms with Gasteiger partial charge in [-0.05, 0) is 104 Å². The highest BCUT2D eigenvalue weighted by atomic mass is 16.7. The molecule has 1 N–H and O–H groups in total. The molecule has 226 valence electrons. The Hall–Kier alpha value is -3.55. The third-order valence-corrected chi connectivity index (χ3v) is 11.9. The second-order valence-electron chi connectivity index (χ2n) is 14.2. The van der Waals surface area contributed by atoms with Gasteiger partial charge in [0.05, 0.1) is 12.2 Å². The first-order valence-corrected chi connectivity index (χ1v) is 16.6. The summed E-state index contributed by atoms with van der Waals surface area (Å²) >= 11 is 0. The van der Waals surface area contributed by atoms with Crippen molar-refractivity contribution in [2.75, 3.05) is 33.0 Å². The number of carbonyl (C=O) groups is 1. The lowest BCUT2D eigenvalue weighted by molar-refractivity contribution is -0.0851. The van der Waals surface area contributed by atoms with Crippen LogP contribution in [0.3, 0.4) is 0 Å². The van der Waals surface area contributed by atoms with E-state index in [9.17, 15) is 4.79 Å². The van der Waals surface area contributed by atoms with Gasteiger partial charge in [0.2, 0.25) is 6.79 Å². The summed E-state index contributed by atoms with van der Waals surface area (Å²) in [5.74, 6) is 3.89. The number of piperidine rings is 1. The van der Waals surface area contributed by atoms with Crippen molar-refractivity contribution in [1.82, 2.24) is 10.2 Å². The van der Waals surface area contributed by atoms with Crippen LogP contribution >= 0.6 is 0 Å². The molecule has 3 aromatic rings. The molecule has 3 aliphatic carbocycles. The molecular formula is C37H38N2O5. The molecule has 3 aromatic carbocycles. The van der Waals surface area contributed by atoms with E-state index in [1.54, 1.807) is 0 Å². The van der Waals surface area contributed by atoms with Crippen molar-refractivity contribution >= 4 is 5.91 Å². The van der Waals surface area contributed by atoms with Crippen LogP contribution in [0.25, 0.3) is 11.1 Å². The van der Waals surface area contributed by atoms with E-state index in [0.717, 1.165) is 73.1 Å². The molecule has 7 heteroatoms. The molecule has 0 aromatic heterocycles. The van der Waals surface area contributed by atoms with E-state index in [2.05, 4.69) is 46.6 Å². The Balaban J connectivity index is 0.880. The highest BCUT2D eigenvalue weighted by molar-refractivity contribution is 5.98. The molecule has 2 saturated heterocycles. The molecule has 7 nitrogen and oxygen atoms in total. The summed E-state index contributed by atoms with van der Waals surface area (Å²) < 4.78 is 24.1. The fraction of sp³-hybridized carbons (Fsp3) is 0.486. The fourth-order valence-corrected chi connectivity index (χ4v) is 9.53. The Labute approximate surface area is 257 Å². The smallest absolute Gasteiger partial charge is 0.255 e. The number of nitrogens with zero attached hydrogens (tertiary/aromatic N) is 1. The number of hydrogen-bond acceptors (Lipinski definition) is 6. The first-order chi connectivity index (χ1) is 21.6. The molecule has 5 unspecified atom stereocenters. The van der Waals surface area contributed by atoms with Crippen molar-refractivity contribution in [1.29, 1.82) is 0 Å². The monoisotopic (exact) mass is 590 g/mol. The normalized spacial score (nSPS) is 31.9. The predicted molar refractivity (Wildman–Crippen MR) is 164 cm³/mol. The van der Waals surface area contributed by atoms with Crippen LogP contribution in [0, 0.1) is 11.8 Å². The minimum Gasteiger partial charge on any atom is -0.485 e. The number of amides is 1. The van der Waals surface area contributed by atoms with Crippen LogP contribution in [0.5, 0.6) is 17.2 Å². The van der Waals surface area contributed by atoms with Crippen LogP contribution in [0.2, 0.25) is 0 Å². The van der Waals surface area contributed by atoms with Crippen LogP contribution in [-0.2, 0) is 23.0 Å². The topological polar surface area (TPSA) is 72.6 Å². The Morgan fingerprint density at radius 1 is 0.955 bits per heavy atom. The lowest BCUT2D eigenvalue weighted by Gasteiger charge is -2.59. The minimum absolute atomic E-state index is 0.0155. The Bertz CT molecular complexity index is 1680. The van der Waals surface area contributed by atoms with Crippen molar-refractivity contribution in [2.45, 2.75) is 68.1 Å². The van der Waals surface area contributed by atoms with Gasteiger partial charge in [-0.25, -0.2) is 0 Å². The average molecular weight is 591 g/mol. The number of ether oxygens (including phenoxy) is 4. The first-order valence-electron chi connectivity index (χ1n) is 16.6.